The van der Waals surface area contributed by atoms with Crippen molar-refractivity contribution < 1.29 is 9.59 Å². The molecule has 6 heteroatoms. The Morgan fingerprint density at radius 1 is 1.00 bits per heavy atom. The standard InChI is InChI=1S/C7H6BrNO.C7H7NO.CH4.BrH/c8-5-7(10)6-3-1-2-4-9-6;1-6(9)7-4-2-3-5-8-7;;/h1-4H,5H2;2-5H,1H3;1H4;1H. The van der Waals surface area contributed by atoms with Gasteiger partial charge in [0.1, 0.15) is 11.4 Å². The fourth-order valence-corrected chi connectivity index (χ4v) is 1.45. The van der Waals surface area contributed by atoms with Crippen molar-refractivity contribution in [1.82, 2.24) is 9.97 Å². The van der Waals surface area contributed by atoms with Gasteiger partial charge >= 0.3 is 0 Å². The highest BCUT2D eigenvalue weighted by molar-refractivity contribution is 9.09. The number of hydrogen-bond donors (Lipinski definition) is 0. The monoisotopic (exact) mass is 416 g/mol. The van der Waals surface area contributed by atoms with Crippen LogP contribution in [0.4, 0.5) is 0 Å². The molecule has 0 radical (unpaired) electrons. The Morgan fingerprint density at radius 2 is 1.48 bits per heavy atom. The molecule has 2 aromatic rings. The first-order valence-corrected chi connectivity index (χ1v) is 6.69. The molecule has 0 aliphatic rings. The lowest BCUT2D eigenvalue weighted by Gasteiger charge is -1.91. The normalized spacial score (nSPS) is 8.29. The van der Waals surface area contributed by atoms with Crippen LogP contribution in [0, 0.1) is 0 Å². The van der Waals surface area contributed by atoms with Crippen molar-refractivity contribution in [2.24, 2.45) is 0 Å². The minimum absolute atomic E-state index is 0. The highest BCUT2D eigenvalue weighted by Crippen LogP contribution is 1.97. The molecule has 0 aromatic carbocycles. The van der Waals surface area contributed by atoms with Gasteiger partial charge in [0.25, 0.3) is 0 Å². The van der Waals surface area contributed by atoms with Gasteiger partial charge in [0.05, 0.1) is 5.33 Å². The van der Waals surface area contributed by atoms with Gasteiger partial charge in [-0.05, 0) is 24.3 Å². The predicted octanol–water partition coefficient (Wildman–Crippen LogP) is 4.16. The van der Waals surface area contributed by atoms with E-state index in [1.807, 2.05) is 0 Å². The van der Waals surface area contributed by atoms with Crippen LogP contribution in [-0.2, 0) is 0 Å². The van der Waals surface area contributed by atoms with Crippen LogP contribution in [-0.4, -0.2) is 26.9 Å². The lowest BCUT2D eigenvalue weighted by atomic mass is 10.3. The van der Waals surface area contributed by atoms with Gasteiger partial charge in [-0.1, -0.05) is 35.5 Å². The third kappa shape index (κ3) is 8.47. The third-order valence-corrected chi connectivity index (χ3v) is 2.61. The summed E-state index contributed by atoms with van der Waals surface area (Å²) in [4.78, 5) is 29.2. The van der Waals surface area contributed by atoms with E-state index in [4.69, 9.17) is 0 Å². The summed E-state index contributed by atoms with van der Waals surface area (Å²) < 4.78 is 0. The van der Waals surface area contributed by atoms with Crippen molar-refractivity contribution in [3.63, 3.8) is 0 Å². The molecular weight excluding hydrogens is 400 g/mol. The lowest BCUT2D eigenvalue weighted by Crippen LogP contribution is -2.01. The van der Waals surface area contributed by atoms with Gasteiger partial charge in [0, 0.05) is 19.3 Å². The van der Waals surface area contributed by atoms with Crippen LogP contribution in [0.3, 0.4) is 0 Å². The van der Waals surface area contributed by atoms with Crippen LogP contribution in [0.1, 0.15) is 35.3 Å². The SMILES string of the molecule is Br.C.CC(=O)c1ccccn1.O=C(CBr)c1ccccn1. The second kappa shape index (κ2) is 12.3. The number of pyridine rings is 2. The maximum absolute atomic E-state index is 10.9. The van der Waals surface area contributed by atoms with Crippen molar-refractivity contribution in [3.8, 4) is 0 Å². The van der Waals surface area contributed by atoms with Gasteiger partial charge in [0.15, 0.2) is 11.6 Å². The van der Waals surface area contributed by atoms with E-state index in [2.05, 4.69) is 25.9 Å². The number of Topliss-reactive ketones (excluding diaryl/α,β-unsaturated/α-hetero) is 2. The summed E-state index contributed by atoms with van der Waals surface area (Å²) in [5.41, 5.74) is 1.04. The van der Waals surface area contributed by atoms with Crippen molar-refractivity contribution in [1.29, 1.82) is 0 Å². The molecule has 0 aliphatic carbocycles. The molecule has 2 aromatic heterocycles. The fourth-order valence-electron chi connectivity index (χ4n) is 1.17. The van der Waals surface area contributed by atoms with E-state index in [1.165, 1.54) is 6.92 Å². The lowest BCUT2D eigenvalue weighted by molar-refractivity contribution is 0.100. The average molecular weight is 418 g/mol. The molecule has 114 valence electrons. The van der Waals surface area contributed by atoms with Gasteiger partial charge in [-0.15, -0.1) is 17.0 Å². The highest BCUT2D eigenvalue weighted by atomic mass is 79.9. The minimum atomic E-state index is 0. The molecule has 21 heavy (non-hydrogen) atoms. The Balaban J connectivity index is 0. The Hall–Kier alpha value is -1.40. The summed E-state index contributed by atoms with van der Waals surface area (Å²) >= 11 is 3.06. The maximum Gasteiger partial charge on any atom is 0.191 e. The smallest absolute Gasteiger partial charge is 0.191 e. The molecule has 2 rings (SSSR count). The predicted molar refractivity (Wildman–Crippen MR) is 93.7 cm³/mol. The van der Waals surface area contributed by atoms with Crippen molar-refractivity contribution in [3.05, 3.63) is 60.2 Å². The van der Waals surface area contributed by atoms with Gasteiger partial charge in [-0.25, -0.2) is 0 Å². The first-order chi connectivity index (χ1) is 9.15. The zero-order chi connectivity index (χ0) is 14.1. The number of carbonyl (C=O) groups excluding carboxylic acids is 2. The third-order valence-electron chi connectivity index (χ3n) is 2.10. The number of carbonyl (C=O) groups is 2. The largest absolute Gasteiger partial charge is 0.293 e. The van der Waals surface area contributed by atoms with Crippen LogP contribution in [0.5, 0.6) is 0 Å². The van der Waals surface area contributed by atoms with E-state index >= 15 is 0 Å². The molecule has 2 heterocycles. The molecule has 0 spiro atoms. The van der Waals surface area contributed by atoms with E-state index in [1.54, 1.807) is 48.8 Å². The Morgan fingerprint density at radius 3 is 1.76 bits per heavy atom. The number of alkyl halides is 1. The quantitative estimate of drug-likeness (QED) is 0.555. The summed E-state index contributed by atoms with van der Waals surface area (Å²) in [6.07, 6.45) is 3.21. The second-order valence-corrected chi connectivity index (χ2v) is 4.10. The van der Waals surface area contributed by atoms with Crippen LogP contribution in [0.15, 0.2) is 48.8 Å². The first kappa shape index (κ1) is 21.9. The summed E-state index contributed by atoms with van der Waals surface area (Å²) in [6, 6.07) is 10.6. The zero-order valence-corrected chi connectivity index (χ0v) is 14.1. The summed E-state index contributed by atoms with van der Waals surface area (Å²) in [5.74, 6) is 0.0243. The molecule has 0 fully saturated rings. The molecule has 0 unspecified atom stereocenters. The minimum Gasteiger partial charge on any atom is -0.293 e. The molecule has 4 nitrogen and oxygen atoms in total. The average Bonchev–Trinajstić information content (AvgIpc) is 2.49. The summed E-state index contributed by atoms with van der Waals surface area (Å²) in [6.45, 7) is 1.50. The first-order valence-electron chi connectivity index (χ1n) is 5.57. The Kier molecular flexibility index (Phi) is 12.9. The topological polar surface area (TPSA) is 59.9 Å². The maximum atomic E-state index is 10.9. The molecule has 0 amide bonds. The van der Waals surface area contributed by atoms with Gasteiger partial charge in [-0.2, -0.15) is 0 Å². The Bertz CT molecular complexity index is 534. The number of rotatable bonds is 3. The molecule has 0 saturated heterocycles. The van der Waals surface area contributed by atoms with Gasteiger partial charge in [0.2, 0.25) is 0 Å². The van der Waals surface area contributed by atoms with Gasteiger partial charge < -0.3 is 0 Å². The number of aromatic nitrogens is 2. The van der Waals surface area contributed by atoms with Crippen molar-refractivity contribution >= 4 is 44.5 Å². The van der Waals surface area contributed by atoms with E-state index < -0.39 is 0 Å². The van der Waals surface area contributed by atoms with E-state index in [9.17, 15) is 9.59 Å². The summed E-state index contributed by atoms with van der Waals surface area (Å²) in [5, 5.41) is 0.337. The highest BCUT2D eigenvalue weighted by Gasteiger charge is 2.01. The molecular formula is C15H18Br2N2O2. The fraction of sp³-hybridized carbons (Fsp3) is 0.200. The molecule has 0 N–H and O–H groups in total. The number of nitrogens with zero attached hydrogens (tertiary/aromatic N) is 2. The summed E-state index contributed by atoms with van der Waals surface area (Å²) in [7, 11) is 0. The van der Waals surface area contributed by atoms with Crippen LogP contribution < -0.4 is 0 Å². The van der Waals surface area contributed by atoms with E-state index in [0.717, 1.165) is 0 Å². The van der Waals surface area contributed by atoms with Crippen molar-refractivity contribution in [2.75, 3.05) is 5.33 Å². The second-order valence-electron chi connectivity index (χ2n) is 3.54. The molecule has 0 aliphatic heterocycles. The number of halogens is 2. The van der Waals surface area contributed by atoms with E-state index in [-0.39, 0.29) is 36.0 Å². The van der Waals surface area contributed by atoms with Gasteiger partial charge in [-0.3, -0.25) is 19.6 Å². The Labute approximate surface area is 143 Å². The van der Waals surface area contributed by atoms with Crippen LogP contribution in [0.2, 0.25) is 0 Å². The number of ketones is 2. The van der Waals surface area contributed by atoms with Crippen molar-refractivity contribution in [2.45, 2.75) is 14.4 Å². The zero-order valence-electron chi connectivity index (χ0n) is 10.8. The number of hydrogen-bond acceptors (Lipinski definition) is 4. The van der Waals surface area contributed by atoms with Crippen LogP contribution in [0.25, 0.3) is 0 Å². The molecule has 0 bridgehead atoms. The molecule has 0 atom stereocenters. The van der Waals surface area contributed by atoms with Crippen LogP contribution >= 0.6 is 32.9 Å². The van der Waals surface area contributed by atoms with E-state index in [0.29, 0.717) is 16.7 Å². The molecule has 0 saturated carbocycles.